The van der Waals surface area contributed by atoms with Gasteiger partial charge in [-0.3, -0.25) is 0 Å². The zero-order valence-corrected chi connectivity index (χ0v) is 16.6. The van der Waals surface area contributed by atoms with Gasteiger partial charge in [-0.1, -0.05) is 32.4 Å². The van der Waals surface area contributed by atoms with Gasteiger partial charge in [0.25, 0.3) is 0 Å². The molecular weight excluding hydrogens is 342 g/mol. The fraction of sp³-hybridized carbons (Fsp3) is 0.429. The molecule has 5 heteroatoms. The summed E-state index contributed by atoms with van der Waals surface area (Å²) in [4.78, 5) is 9.18. The molecule has 138 valence electrons. The molecule has 1 aromatic carbocycles. The molecule has 1 N–H and O–H groups in total. The number of rotatable bonds is 9. The monoisotopic (exact) mass is 369 g/mol. The Labute approximate surface area is 159 Å². The summed E-state index contributed by atoms with van der Waals surface area (Å²) < 4.78 is 6.47. The van der Waals surface area contributed by atoms with Crippen molar-refractivity contribution >= 4 is 22.2 Å². The van der Waals surface area contributed by atoms with Gasteiger partial charge in [0.15, 0.2) is 0 Å². The zero-order chi connectivity index (χ0) is 18.4. The number of nitrogens with zero attached hydrogens (tertiary/aromatic N) is 2. The lowest BCUT2D eigenvalue weighted by molar-refractivity contribution is 0.182. The van der Waals surface area contributed by atoms with Crippen molar-refractivity contribution in [1.29, 1.82) is 0 Å². The third-order valence-corrected chi connectivity index (χ3v) is 5.36. The number of fused-ring (bicyclic) bond motifs is 1. The maximum Gasteiger partial charge on any atom is 0.131 e. The number of para-hydroxylation sites is 1. The van der Waals surface area contributed by atoms with Crippen molar-refractivity contribution in [3.05, 3.63) is 41.2 Å². The van der Waals surface area contributed by atoms with Crippen molar-refractivity contribution in [2.45, 2.75) is 39.2 Å². The van der Waals surface area contributed by atoms with Crippen molar-refractivity contribution in [3.8, 4) is 17.1 Å². The fourth-order valence-corrected chi connectivity index (χ4v) is 3.54. The lowest BCUT2D eigenvalue weighted by Crippen LogP contribution is -2.29. The molecule has 0 aliphatic heterocycles. The van der Waals surface area contributed by atoms with Crippen LogP contribution < -0.4 is 10.1 Å². The molecule has 0 radical (unpaired) electrons. The van der Waals surface area contributed by atoms with Crippen LogP contribution in [0.4, 0.5) is 0 Å². The minimum Gasteiger partial charge on any atom is -0.488 e. The predicted molar refractivity (Wildman–Crippen MR) is 110 cm³/mol. The molecule has 0 bridgehead atoms. The fourth-order valence-electron chi connectivity index (χ4n) is 3.00. The maximum absolute atomic E-state index is 6.47. The number of hydrogen-bond acceptors (Lipinski definition) is 5. The molecule has 0 saturated heterocycles. The molecule has 2 unspecified atom stereocenters. The molecule has 0 aliphatic rings. The van der Waals surface area contributed by atoms with Crippen molar-refractivity contribution in [1.82, 2.24) is 15.3 Å². The lowest BCUT2D eigenvalue weighted by Gasteiger charge is -2.22. The molecule has 3 rings (SSSR count). The third kappa shape index (κ3) is 4.59. The van der Waals surface area contributed by atoms with Crippen molar-refractivity contribution < 1.29 is 4.74 Å². The summed E-state index contributed by atoms with van der Waals surface area (Å²) in [5.41, 5.74) is 4.54. The Hall–Kier alpha value is -1.98. The van der Waals surface area contributed by atoms with Crippen LogP contribution in [0.25, 0.3) is 22.3 Å². The summed E-state index contributed by atoms with van der Waals surface area (Å²) in [6, 6.07) is 10.2. The lowest BCUT2D eigenvalue weighted by atomic mass is 10.0. The van der Waals surface area contributed by atoms with Gasteiger partial charge in [-0.25, -0.2) is 9.97 Å². The molecule has 0 amide bonds. The molecule has 2 aromatic heterocycles. The van der Waals surface area contributed by atoms with Crippen LogP contribution in [0, 0.1) is 5.92 Å². The average Bonchev–Trinajstić information content (AvgIpc) is 3.20. The SMILES string of the molecule is CCC(C)CCC(CNC)Oc1cc(-c2cscn2)nc2ccccc12. The molecular formula is C21H27N3OS. The Bertz CT molecular complexity index is 819. The number of ether oxygens (including phenoxy) is 1. The second kappa shape index (κ2) is 9.10. The highest BCUT2D eigenvalue weighted by molar-refractivity contribution is 7.07. The number of aromatic nitrogens is 2. The minimum atomic E-state index is 0.142. The number of hydrogen-bond donors (Lipinski definition) is 1. The molecule has 0 saturated carbocycles. The molecule has 0 spiro atoms. The Morgan fingerprint density at radius 2 is 2.04 bits per heavy atom. The molecule has 2 atom stereocenters. The Morgan fingerprint density at radius 1 is 1.19 bits per heavy atom. The second-order valence-electron chi connectivity index (χ2n) is 6.78. The summed E-state index contributed by atoms with van der Waals surface area (Å²) in [6.45, 7) is 5.38. The maximum atomic E-state index is 6.47. The van der Waals surface area contributed by atoms with Gasteiger partial charge in [-0.05, 0) is 37.9 Å². The topological polar surface area (TPSA) is 47.0 Å². The Balaban J connectivity index is 1.91. The molecule has 26 heavy (non-hydrogen) atoms. The van der Waals surface area contributed by atoms with Crippen LogP contribution >= 0.6 is 11.3 Å². The second-order valence-corrected chi connectivity index (χ2v) is 7.50. The van der Waals surface area contributed by atoms with E-state index < -0.39 is 0 Å². The first-order valence-electron chi connectivity index (χ1n) is 9.30. The van der Waals surface area contributed by atoms with Crippen LogP contribution in [0.5, 0.6) is 5.75 Å². The van der Waals surface area contributed by atoms with Gasteiger partial charge in [0.05, 0.1) is 22.4 Å². The van der Waals surface area contributed by atoms with E-state index in [0.717, 1.165) is 46.9 Å². The number of benzene rings is 1. The predicted octanol–water partition coefficient (Wildman–Crippen LogP) is 5.15. The van der Waals surface area contributed by atoms with Gasteiger partial charge in [0.1, 0.15) is 11.9 Å². The molecule has 4 nitrogen and oxygen atoms in total. The summed E-state index contributed by atoms with van der Waals surface area (Å²) in [5, 5.41) is 6.34. The largest absolute Gasteiger partial charge is 0.488 e. The van der Waals surface area contributed by atoms with Crippen molar-refractivity contribution in [2.75, 3.05) is 13.6 Å². The summed E-state index contributed by atoms with van der Waals surface area (Å²) in [6.07, 6.45) is 3.56. The van der Waals surface area contributed by atoms with Gasteiger partial charge in [-0.15, -0.1) is 11.3 Å². The van der Waals surface area contributed by atoms with Gasteiger partial charge in [-0.2, -0.15) is 0 Å². The first-order valence-corrected chi connectivity index (χ1v) is 10.2. The van der Waals surface area contributed by atoms with Gasteiger partial charge in [0.2, 0.25) is 0 Å². The van der Waals surface area contributed by atoms with Gasteiger partial charge >= 0.3 is 0 Å². The van der Waals surface area contributed by atoms with Crippen molar-refractivity contribution in [3.63, 3.8) is 0 Å². The van der Waals surface area contributed by atoms with Crippen LogP contribution in [0.1, 0.15) is 33.1 Å². The van der Waals surface area contributed by atoms with E-state index in [0.29, 0.717) is 0 Å². The van der Waals surface area contributed by atoms with E-state index in [1.807, 2.05) is 42.2 Å². The minimum absolute atomic E-state index is 0.142. The molecule has 0 aliphatic carbocycles. The van der Waals surface area contributed by atoms with Crippen LogP contribution in [0.15, 0.2) is 41.2 Å². The first-order chi connectivity index (χ1) is 12.7. The van der Waals surface area contributed by atoms with Crippen LogP contribution in [0.2, 0.25) is 0 Å². The van der Waals surface area contributed by atoms with E-state index in [1.165, 1.54) is 12.8 Å². The number of pyridine rings is 1. The smallest absolute Gasteiger partial charge is 0.131 e. The zero-order valence-electron chi connectivity index (χ0n) is 15.7. The van der Waals surface area contributed by atoms with E-state index in [1.54, 1.807) is 11.3 Å². The van der Waals surface area contributed by atoms with Crippen LogP contribution in [-0.2, 0) is 0 Å². The van der Waals surface area contributed by atoms with Gasteiger partial charge in [0, 0.05) is 23.4 Å². The van der Waals surface area contributed by atoms with E-state index in [-0.39, 0.29) is 6.10 Å². The normalized spacial score (nSPS) is 13.7. The van der Waals surface area contributed by atoms with Crippen LogP contribution in [0.3, 0.4) is 0 Å². The van der Waals surface area contributed by atoms with Gasteiger partial charge < -0.3 is 10.1 Å². The summed E-state index contributed by atoms with van der Waals surface area (Å²) in [5.74, 6) is 1.61. The quantitative estimate of drug-likeness (QED) is 0.566. The highest BCUT2D eigenvalue weighted by atomic mass is 32.1. The highest BCUT2D eigenvalue weighted by Crippen LogP contribution is 2.31. The number of nitrogens with one attached hydrogen (secondary N) is 1. The number of likely N-dealkylation sites (N-methyl/N-ethyl adjacent to an activating group) is 1. The van der Waals surface area contributed by atoms with E-state index in [9.17, 15) is 0 Å². The highest BCUT2D eigenvalue weighted by Gasteiger charge is 2.16. The third-order valence-electron chi connectivity index (χ3n) is 4.78. The Morgan fingerprint density at radius 3 is 2.77 bits per heavy atom. The van der Waals surface area contributed by atoms with E-state index in [4.69, 9.17) is 9.72 Å². The summed E-state index contributed by atoms with van der Waals surface area (Å²) in [7, 11) is 1.98. The Kier molecular flexibility index (Phi) is 6.58. The number of thiazole rings is 1. The van der Waals surface area contributed by atoms with Crippen LogP contribution in [-0.4, -0.2) is 29.7 Å². The summed E-state index contributed by atoms with van der Waals surface area (Å²) >= 11 is 1.58. The first kappa shape index (κ1) is 18.8. The van der Waals surface area contributed by atoms with E-state index >= 15 is 0 Å². The average molecular weight is 370 g/mol. The molecule has 0 fully saturated rings. The van der Waals surface area contributed by atoms with Crippen molar-refractivity contribution in [2.24, 2.45) is 5.92 Å². The molecule has 2 heterocycles. The van der Waals surface area contributed by atoms with E-state index in [2.05, 4.69) is 30.2 Å². The molecule has 3 aromatic rings. The standard InChI is InChI=1S/C21H27N3OS/c1-4-15(2)9-10-16(12-22-3)25-21-11-19(20-13-26-14-23-20)24-18-8-6-5-7-17(18)21/h5-8,11,13-16,22H,4,9-10,12H2,1-3H3.